The van der Waals surface area contributed by atoms with Gasteiger partial charge in [-0.3, -0.25) is 4.57 Å². The first kappa shape index (κ1) is 12.9. The minimum absolute atomic E-state index is 0.157. The second-order valence-electron chi connectivity index (χ2n) is 5.58. The van der Waals surface area contributed by atoms with Gasteiger partial charge < -0.3 is 10.2 Å². The smallest absolute Gasteiger partial charge is 0.408 e. The van der Waals surface area contributed by atoms with E-state index in [0.29, 0.717) is 5.58 Å². The lowest BCUT2D eigenvalue weighted by Crippen LogP contribution is -2.10. The molecule has 1 aromatic carbocycles. The predicted molar refractivity (Wildman–Crippen MR) is 83.8 cm³/mol. The normalized spacial score (nSPS) is 15.5. The number of aromatic nitrogens is 1. The average Bonchev–Trinajstić information content (AvgIpc) is 3.12. The molecular weight excluding hydrogens is 284 g/mol. The third-order valence-electron chi connectivity index (χ3n) is 4.25. The van der Waals surface area contributed by atoms with Crippen LogP contribution in [0.2, 0.25) is 0 Å². The van der Waals surface area contributed by atoms with Crippen molar-refractivity contribution in [1.29, 1.82) is 0 Å². The fourth-order valence-corrected chi connectivity index (χ4v) is 4.30. The predicted octanol–water partition coefficient (Wildman–Crippen LogP) is 2.73. The molecule has 1 aliphatic rings. The Balaban J connectivity index is 1.76. The molecule has 0 saturated carbocycles. The van der Waals surface area contributed by atoms with E-state index in [1.54, 1.807) is 7.05 Å². The van der Waals surface area contributed by atoms with E-state index in [4.69, 9.17) is 10.2 Å². The Kier molecular flexibility index (Phi) is 2.80. The molecule has 5 heteroatoms. The third-order valence-corrected chi connectivity index (χ3v) is 5.57. The van der Waals surface area contributed by atoms with E-state index in [1.807, 2.05) is 29.5 Å². The summed E-state index contributed by atoms with van der Waals surface area (Å²) in [6, 6.07) is 7.84. The van der Waals surface area contributed by atoms with Crippen molar-refractivity contribution in [3.05, 3.63) is 55.7 Å². The fraction of sp³-hybridized carbons (Fsp3) is 0.312. The first-order valence-corrected chi connectivity index (χ1v) is 7.91. The van der Waals surface area contributed by atoms with E-state index in [2.05, 4.69) is 6.07 Å². The number of oxazole rings is 1. The molecule has 108 valence electrons. The molecule has 1 atom stereocenters. The number of hydrogen-bond acceptors (Lipinski definition) is 4. The van der Waals surface area contributed by atoms with E-state index in [1.165, 1.54) is 39.1 Å². The molecule has 2 heterocycles. The zero-order chi connectivity index (χ0) is 14.6. The molecule has 0 spiro atoms. The van der Waals surface area contributed by atoms with Crippen molar-refractivity contribution < 1.29 is 4.42 Å². The van der Waals surface area contributed by atoms with Crippen molar-refractivity contribution in [2.45, 2.75) is 25.3 Å². The number of rotatable bonds is 2. The highest BCUT2D eigenvalue weighted by molar-refractivity contribution is 7.12. The lowest BCUT2D eigenvalue weighted by atomic mass is 10.0. The Bertz CT molecular complexity index is 866. The Morgan fingerprint density at radius 3 is 3.00 bits per heavy atom. The van der Waals surface area contributed by atoms with Gasteiger partial charge in [0.15, 0.2) is 5.58 Å². The molecule has 0 aliphatic heterocycles. The molecular formula is C16H16N2O2S. The molecule has 4 rings (SSSR count). The highest BCUT2D eigenvalue weighted by Crippen LogP contribution is 2.35. The minimum Gasteiger partial charge on any atom is -0.408 e. The molecule has 1 aliphatic carbocycles. The van der Waals surface area contributed by atoms with E-state index >= 15 is 0 Å². The van der Waals surface area contributed by atoms with Crippen LogP contribution in [0.1, 0.15) is 33.3 Å². The molecule has 21 heavy (non-hydrogen) atoms. The Hall–Kier alpha value is -1.85. The maximum atomic E-state index is 11.6. The zero-order valence-electron chi connectivity index (χ0n) is 11.8. The molecule has 3 aromatic rings. The van der Waals surface area contributed by atoms with Crippen LogP contribution in [-0.2, 0) is 19.9 Å². The van der Waals surface area contributed by atoms with Crippen LogP contribution >= 0.6 is 11.3 Å². The van der Waals surface area contributed by atoms with Gasteiger partial charge in [-0.15, -0.1) is 11.3 Å². The van der Waals surface area contributed by atoms with Crippen LogP contribution in [0, 0.1) is 0 Å². The van der Waals surface area contributed by atoms with Gasteiger partial charge in [0.1, 0.15) is 0 Å². The van der Waals surface area contributed by atoms with Crippen molar-refractivity contribution in [3.63, 3.8) is 0 Å². The van der Waals surface area contributed by atoms with Crippen molar-refractivity contribution in [2.75, 3.05) is 0 Å². The molecule has 1 unspecified atom stereocenters. The number of fused-ring (bicyclic) bond motifs is 2. The molecule has 4 nitrogen and oxygen atoms in total. The molecule has 0 saturated heterocycles. The first-order valence-electron chi connectivity index (χ1n) is 7.10. The van der Waals surface area contributed by atoms with Crippen molar-refractivity contribution >= 4 is 22.4 Å². The van der Waals surface area contributed by atoms with Gasteiger partial charge in [0.2, 0.25) is 0 Å². The van der Waals surface area contributed by atoms with Crippen LogP contribution < -0.4 is 11.5 Å². The van der Waals surface area contributed by atoms with Gasteiger partial charge >= 0.3 is 5.76 Å². The second-order valence-corrected chi connectivity index (χ2v) is 6.75. The van der Waals surface area contributed by atoms with Crippen LogP contribution in [0.25, 0.3) is 11.1 Å². The summed E-state index contributed by atoms with van der Waals surface area (Å²) >= 11 is 1.82. The van der Waals surface area contributed by atoms with Gasteiger partial charge in [-0.2, -0.15) is 0 Å². The number of thiophene rings is 1. The summed E-state index contributed by atoms with van der Waals surface area (Å²) < 4.78 is 6.75. The second kappa shape index (κ2) is 4.58. The van der Waals surface area contributed by atoms with E-state index in [-0.39, 0.29) is 11.8 Å². The van der Waals surface area contributed by atoms with Gasteiger partial charge in [0.25, 0.3) is 0 Å². The fourth-order valence-electron chi connectivity index (χ4n) is 3.01. The van der Waals surface area contributed by atoms with Gasteiger partial charge in [-0.25, -0.2) is 4.79 Å². The van der Waals surface area contributed by atoms with Gasteiger partial charge in [-0.05, 0) is 48.6 Å². The third kappa shape index (κ3) is 1.96. The Morgan fingerprint density at radius 1 is 1.33 bits per heavy atom. The topological polar surface area (TPSA) is 61.2 Å². The maximum Gasteiger partial charge on any atom is 0.419 e. The summed E-state index contributed by atoms with van der Waals surface area (Å²) in [4.78, 5) is 14.2. The quantitative estimate of drug-likeness (QED) is 0.791. The summed E-state index contributed by atoms with van der Waals surface area (Å²) in [7, 11) is 1.71. The van der Waals surface area contributed by atoms with Crippen molar-refractivity contribution in [2.24, 2.45) is 12.8 Å². The number of hydrogen-bond donors (Lipinski definition) is 1. The van der Waals surface area contributed by atoms with Crippen molar-refractivity contribution in [1.82, 2.24) is 4.57 Å². The van der Waals surface area contributed by atoms with Crippen molar-refractivity contribution in [3.8, 4) is 0 Å². The van der Waals surface area contributed by atoms with Crippen LogP contribution in [0.3, 0.4) is 0 Å². The SMILES string of the molecule is Cn1c(=O)oc2cc(C(N)c3cc4c(s3)CCC4)ccc21. The van der Waals surface area contributed by atoms with Crippen LogP contribution in [0.4, 0.5) is 0 Å². The van der Waals surface area contributed by atoms with Gasteiger partial charge in [-0.1, -0.05) is 6.07 Å². The Labute approximate surface area is 125 Å². The van der Waals surface area contributed by atoms with E-state index < -0.39 is 0 Å². The number of benzene rings is 1. The summed E-state index contributed by atoms with van der Waals surface area (Å²) in [5.74, 6) is -0.342. The molecule has 2 N–H and O–H groups in total. The maximum absolute atomic E-state index is 11.6. The monoisotopic (exact) mass is 300 g/mol. The summed E-state index contributed by atoms with van der Waals surface area (Å²) in [6.07, 6.45) is 3.61. The highest BCUT2D eigenvalue weighted by Gasteiger charge is 2.19. The standard InChI is InChI=1S/C16H16N2O2S/c1-18-11-6-5-10(7-12(11)20-16(18)19)15(17)14-8-9-3-2-4-13(9)21-14/h5-8,15H,2-4,17H2,1H3. The molecule has 0 radical (unpaired) electrons. The molecule has 0 amide bonds. The zero-order valence-corrected chi connectivity index (χ0v) is 12.6. The number of nitrogens with two attached hydrogens (primary N) is 1. The van der Waals surface area contributed by atoms with Crippen LogP contribution in [0.5, 0.6) is 0 Å². The van der Waals surface area contributed by atoms with E-state index in [0.717, 1.165) is 11.1 Å². The Morgan fingerprint density at radius 2 is 2.19 bits per heavy atom. The van der Waals surface area contributed by atoms with Gasteiger partial charge in [0, 0.05) is 16.8 Å². The molecule has 0 fully saturated rings. The number of aryl methyl sites for hydroxylation is 3. The molecule has 0 bridgehead atoms. The lowest BCUT2D eigenvalue weighted by molar-refractivity contribution is 0.527. The van der Waals surface area contributed by atoms with Gasteiger partial charge in [0.05, 0.1) is 11.6 Å². The first-order chi connectivity index (χ1) is 10.1. The van der Waals surface area contributed by atoms with Crippen LogP contribution in [-0.4, -0.2) is 4.57 Å². The number of nitrogens with zero attached hydrogens (tertiary/aromatic N) is 1. The van der Waals surface area contributed by atoms with E-state index in [9.17, 15) is 4.79 Å². The van der Waals surface area contributed by atoms with Crippen LogP contribution in [0.15, 0.2) is 33.5 Å². The minimum atomic E-state index is -0.342. The largest absolute Gasteiger partial charge is 0.419 e. The summed E-state index contributed by atoms with van der Waals surface area (Å²) in [5, 5.41) is 0. The summed E-state index contributed by atoms with van der Waals surface area (Å²) in [6.45, 7) is 0. The summed E-state index contributed by atoms with van der Waals surface area (Å²) in [5.41, 5.74) is 10.2. The lowest BCUT2D eigenvalue weighted by Gasteiger charge is -2.10. The average molecular weight is 300 g/mol. The molecule has 2 aromatic heterocycles. The highest BCUT2D eigenvalue weighted by atomic mass is 32.1.